The van der Waals surface area contributed by atoms with Gasteiger partial charge in [-0.2, -0.15) is 0 Å². The fraction of sp³-hybridized carbons (Fsp3) is 0.500. The summed E-state index contributed by atoms with van der Waals surface area (Å²) in [5, 5.41) is 3.51. The van der Waals surface area contributed by atoms with Crippen LogP contribution in [0.2, 0.25) is 5.02 Å². The second-order valence-electron chi connectivity index (χ2n) is 3.93. The van der Waals surface area contributed by atoms with Crippen molar-refractivity contribution in [1.82, 2.24) is 5.32 Å². The molecule has 0 aromatic heterocycles. The zero-order valence-corrected chi connectivity index (χ0v) is 10.1. The van der Waals surface area contributed by atoms with Crippen molar-refractivity contribution in [2.75, 3.05) is 0 Å². The molecule has 0 aliphatic heterocycles. The Balaban J connectivity index is 2.96. The summed E-state index contributed by atoms with van der Waals surface area (Å²) >= 11 is 5.75. The van der Waals surface area contributed by atoms with Gasteiger partial charge >= 0.3 is 0 Å². The summed E-state index contributed by atoms with van der Waals surface area (Å²) in [6.07, 6.45) is 0.843. The van der Waals surface area contributed by atoms with E-state index >= 15 is 0 Å². The molecular weight excluding hydrogens is 213 g/mol. The molecule has 1 aromatic rings. The lowest BCUT2D eigenvalue weighted by molar-refractivity contribution is 0.448. The second kappa shape index (κ2) is 5.47. The fourth-order valence-electron chi connectivity index (χ4n) is 1.62. The molecule has 0 bridgehead atoms. The minimum Gasteiger partial charge on any atom is -0.308 e. The maximum Gasteiger partial charge on any atom is 0.146 e. The smallest absolute Gasteiger partial charge is 0.146 e. The number of nitrogens with one attached hydrogen (secondary N) is 1. The van der Waals surface area contributed by atoms with Gasteiger partial charge in [0.2, 0.25) is 0 Å². The van der Waals surface area contributed by atoms with Crippen LogP contribution in [-0.4, -0.2) is 6.04 Å². The van der Waals surface area contributed by atoms with E-state index in [1.165, 1.54) is 0 Å². The SMILES string of the molecule is CCC(NC(C)C)c1cccc(Cl)c1F. The summed E-state index contributed by atoms with van der Waals surface area (Å²) in [6.45, 7) is 6.12. The number of hydrogen-bond donors (Lipinski definition) is 1. The molecule has 0 fully saturated rings. The van der Waals surface area contributed by atoms with Gasteiger partial charge in [-0.3, -0.25) is 0 Å². The van der Waals surface area contributed by atoms with E-state index < -0.39 is 0 Å². The van der Waals surface area contributed by atoms with E-state index in [1.807, 2.05) is 20.8 Å². The van der Waals surface area contributed by atoms with Crippen molar-refractivity contribution in [2.45, 2.75) is 39.3 Å². The van der Waals surface area contributed by atoms with E-state index in [2.05, 4.69) is 5.32 Å². The highest BCUT2D eigenvalue weighted by Gasteiger charge is 2.16. The molecule has 0 amide bonds. The van der Waals surface area contributed by atoms with Gasteiger partial charge in [0.15, 0.2) is 0 Å². The Morgan fingerprint density at radius 1 is 1.40 bits per heavy atom. The first-order chi connectivity index (χ1) is 7.06. The standard InChI is InChI=1S/C12H17ClFN/c1-4-11(15-8(2)3)9-6-5-7-10(13)12(9)14/h5-8,11,15H,4H2,1-3H3. The van der Waals surface area contributed by atoms with Gasteiger partial charge in [-0.1, -0.05) is 44.5 Å². The maximum absolute atomic E-state index is 13.7. The van der Waals surface area contributed by atoms with Crippen LogP contribution in [0.15, 0.2) is 18.2 Å². The van der Waals surface area contributed by atoms with Crippen molar-refractivity contribution in [3.8, 4) is 0 Å². The van der Waals surface area contributed by atoms with Crippen molar-refractivity contribution < 1.29 is 4.39 Å². The lowest BCUT2D eigenvalue weighted by Gasteiger charge is -2.21. The van der Waals surface area contributed by atoms with Crippen molar-refractivity contribution in [3.05, 3.63) is 34.6 Å². The van der Waals surface area contributed by atoms with Crippen molar-refractivity contribution in [3.63, 3.8) is 0 Å². The highest BCUT2D eigenvalue weighted by atomic mass is 35.5. The van der Waals surface area contributed by atoms with Crippen LogP contribution in [0.5, 0.6) is 0 Å². The molecule has 0 spiro atoms. The van der Waals surface area contributed by atoms with Gasteiger partial charge < -0.3 is 5.32 Å². The summed E-state index contributed by atoms with van der Waals surface area (Å²) in [7, 11) is 0. The normalized spacial score (nSPS) is 13.2. The molecule has 0 radical (unpaired) electrons. The Kier molecular flexibility index (Phi) is 4.55. The summed E-state index contributed by atoms with van der Waals surface area (Å²) < 4.78 is 13.7. The molecule has 1 aromatic carbocycles. The van der Waals surface area contributed by atoms with E-state index in [0.717, 1.165) is 6.42 Å². The molecule has 1 N–H and O–H groups in total. The molecular formula is C12H17ClFN. The quantitative estimate of drug-likeness (QED) is 0.825. The Bertz CT molecular complexity index is 325. The van der Waals surface area contributed by atoms with Gasteiger partial charge in [-0.15, -0.1) is 0 Å². The predicted octanol–water partition coefficient (Wildman–Crippen LogP) is 3.93. The summed E-state index contributed by atoms with van der Waals surface area (Å²) in [5.41, 5.74) is 0.652. The maximum atomic E-state index is 13.7. The van der Waals surface area contributed by atoms with Gasteiger partial charge in [0.05, 0.1) is 5.02 Å². The largest absolute Gasteiger partial charge is 0.308 e. The fourth-order valence-corrected chi connectivity index (χ4v) is 1.80. The van der Waals surface area contributed by atoms with Gasteiger partial charge in [-0.25, -0.2) is 4.39 Å². The lowest BCUT2D eigenvalue weighted by atomic mass is 10.0. The average Bonchev–Trinajstić information content (AvgIpc) is 2.19. The first-order valence-corrected chi connectivity index (χ1v) is 5.64. The average molecular weight is 230 g/mol. The topological polar surface area (TPSA) is 12.0 Å². The predicted molar refractivity (Wildman–Crippen MR) is 62.7 cm³/mol. The minimum atomic E-state index is -0.306. The summed E-state index contributed by atoms with van der Waals surface area (Å²) in [6, 6.07) is 5.50. The van der Waals surface area contributed by atoms with Gasteiger partial charge in [-0.05, 0) is 12.5 Å². The van der Waals surface area contributed by atoms with E-state index in [-0.39, 0.29) is 16.9 Å². The van der Waals surface area contributed by atoms with Crippen LogP contribution in [-0.2, 0) is 0 Å². The summed E-state index contributed by atoms with van der Waals surface area (Å²) in [5.74, 6) is -0.306. The third-order valence-electron chi connectivity index (χ3n) is 2.30. The molecule has 1 unspecified atom stereocenters. The molecule has 0 saturated heterocycles. The third-order valence-corrected chi connectivity index (χ3v) is 2.59. The summed E-state index contributed by atoms with van der Waals surface area (Å²) in [4.78, 5) is 0. The highest BCUT2D eigenvalue weighted by molar-refractivity contribution is 6.30. The molecule has 0 heterocycles. The molecule has 1 atom stereocenters. The first kappa shape index (κ1) is 12.5. The molecule has 0 saturated carbocycles. The van der Waals surface area contributed by atoms with Crippen molar-refractivity contribution in [1.29, 1.82) is 0 Å². The van der Waals surface area contributed by atoms with Crippen LogP contribution < -0.4 is 5.32 Å². The zero-order chi connectivity index (χ0) is 11.4. The van der Waals surface area contributed by atoms with Gasteiger partial charge in [0.1, 0.15) is 5.82 Å². The monoisotopic (exact) mass is 229 g/mol. The Morgan fingerprint density at radius 3 is 2.60 bits per heavy atom. The van der Waals surface area contributed by atoms with Crippen molar-refractivity contribution in [2.24, 2.45) is 0 Å². The number of benzene rings is 1. The van der Waals surface area contributed by atoms with Crippen LogP contribution in [0, 0.1) is 5.82 Å². The van der Waals surface area contributed by atoms with Crippen LogP contribution in [0.4, 0.5) is 4.39 Å². The van der Waals surface area contributed by atoms with E-state index in [4.69, 9.17) is 11.6 Å². The first-order valence-electron chi connectivity index (χ1n) is 5.26. The number of halogens is 2. The lowest BCUT2D eigenvalue weighted by Crippen LogP contribution is -2.28. The molecule has 3 heteroatoms. The molecule has 0 aliphatic rings. The van der Waals surface area contributed by atoms with Gasteiger partial charge in [0, 0.05) is 17.6 Å². The van der Waals surface area contributed by atoms with Crippen LogP contribution in [0.1, 0.15) is 38.8 Å². The molecule has 0 aliphatic carbocycles. The molecule has 1 rings (SSSR count). The number of hydrogen-bond acceptors (Lipinski definition) is 1. The van der Waals surface area contributed by atoms with Crippen LogP contribution in [0.3, 0.4) is 0 Å². The Morgan fingerprint density at radius 2 is 2.07 bits per heavy atom. The Hall–Kier alpha value is -0.600. The molecule has 1 nitrogen and oxygen atoms in total. The number of rotatable bonds is 4. The van der Waals surface area contributed by atoms with Crippen LogP contribution in [0.25, 0.3) is 0 Å². The Labute approximate surface area is 95.6 Å². The molecule has 15 heavy (non-hydrogen) atoms. The van der Waals surface area contributed by atoms with E-state index in [0.29, 0.717) is 11.6 Å². The molecule has 84 valence electrons. The van der Waals surface area contributed by atoms with E-state index in [9.17, 15) is 4.39 Å². The van der Waals surface area contributed by atoms with Crippen molar-refractivity contribution >= 4 is 11.6 Å². The minimum absolute atomic E-state index is 0.0312. The third kappa shape index (κ3) is 3.18. The van der Waals surface area contributed by atoms with Crippen LogP contribution >= 0.6 is 11.6 Å². The zero-order valence-electron chi connectivity index (χ0n) is 9.35. The van der Waals surface area contributed by atoms with E-state index in [1.54, 1.807) is 18.2 Å². The highest BCUT2D eigenvalue weighted by Crippen LogP contribution is 2.25. The second-order valence-corrected chi connectivity index (χ2v) is 4.33. The van der Waals surface area contributed by atoms with Gasteiger partial charge in [0.25, 0.3) is 0 Å².